The predicted molar refractivity (Wildman–Crippen MR) is 233 cm³/mol. The molecule has 0 radical (unpaired) electrons. The molecule has 0 unspecified atom stereocenters. The van der Waals surface area contributed by atoms with E-state index in [1.54, 1.807) is 7.05 Å². The Kier molecular flexibility index (Phi) is 12.1. The summed E-state index contributed by atoms with van der Waals surface area (Å²) in [7, 11) is 1.66. The van der Waals surface area contributed by atoms with Gasteiger partial charge in [-0.25, -0.2) is 0 Å². The number of rotatable bonds is 14. The highest BCUT2D eigenvalue weighted by molar-refractivity contribution is 6.11. The lowest BCUT2D eigenvalue weighted by Crippen LogP contribution is -2.27. The number of aryl methyl sites for hydroxylation is 4. The maximum absolute atomic E-state index is 13.6. The van der Waals surface area contributed by atoms with Crippen LogP contribution in [-0.2, 0) is 9.53 Å². The molecule has 288 valence electrons. The van der Waals surface area contributed by atoms with Crippen molar-refractivity contribution in [2.75, 3.05) is 36.1 Å². The number of amides is 1. The van der Waals surface area contributed by atoms with Crippen molar-refractivity contribution >= 4 is 51.1 Å². The van der Waals surface area contributed by atoms with Crippen molar-refractivity contribution in [3.63, 3.8) is 0 Å². The molecule has 0 fully saturated rings. The van der Waals surface area contributed by atoms with Crippen LogP contribution in [0.5, 0.6) is 0 Å². The SMILES string of the molecule is CCC(C)(C)C(=O)OCCNc1ccc(C(c2ccc(Nc3c(C)cccc3C)cc2)c2ccc(Nc3c(C)cccc3C)cc2)c2c(C(=O)NC)cccc12. The average molecular weight is 747 g/mol. The Hall–Kier alpha value is -6.08. The van der Waals surface area contributed by atoms with Crippen molar-refractivity contribution in [2.45, 2.75) is 60.8 Å². The van der Waals surface area contributed by atoms with E-state index < -0.39 is 5.41 Å². The monoisotopic (exact) mass is 746 g/mol. The van der Waals surface area contributed by atoms with Crippen LogP contribution in [0, 0.1) is 33.1 Å². The zero-order chi connectivity index (χ0) is 40.0. The van der Waals surface area contributed by atoms with E-state index in [0.29, 0.717) is 18.5 Å². The molecular formula is C49H54N4O3. The second kappa shape index (κ2) is 17.2. The molecule has 0 aliphatic carbocycles. The summed E-state index contributed by atoms with van der Waals surface area (Å²) in [5.74, 6) is -0.583. The van der Waals surface area contributed by atoms with Crippen LogP contribution in [0.4, 0.5) is 28.4 Å². The molecule has 0 aliphatic heterocycles. The van der Waals surface area contributed by atoms with Gasteiger partial charge < -0.3 is 26.0 Å². The molecule has 7 nitrogen and oxygen atoms in total. The number of hydrogen-bond donors (Lipinski definition) is 4. The molecular weight excluding hydrogens is 693 g/mol. The Balaban J connectivity index is 1.43. The molecule has 0 bridgehead atoms. The van der Waals surface area contributed by atoms with Crippen molar-refractivity contribution in [3.05, 3.63) is 160 Å². The molecule has 0 saturated carbocycles. The van der Waals surface area contributed by atoms with Crippen LogP contribution >= 0.6 is 0 Å². The number of anilines is 5. The van der Waals surface area contributed by atoms with Crippen molar-refractivity contribution < 1.29 is 14.3 Å². The number of carbonyl (C=O) groups excluding carboxylic acids is 2. The van der Waals surface area contributed by atoms with Crippen molar-refractivity contribution in [3.8, 4) is 0 Å². The minimum absolute atomic E-state index is 0.162. The first kappa shape index (κ1) is 39.6. The quantitative estimate of drug-likeness (QED) is 0.0504. The molecule has 0 saturated heterocycles. The van der Waals surface area contributed by atoms with Crippen molar-refractivity contribution in [2.24, 2.45) is 5.41 Å². The first-order valence-electron chi connectivity index (χ1n) is 19.5. The van der Waals surface area contributed by atoms with E-state index in [-0.39, 0.29) is 24.4 Å². The Morgan fingerprint density at radius 2 is 1.16 bits per heavy atom. The van der Waals surface area contributed by atoms with E-state index in [9.17, 15) is 9.59 Å². The van der Waals surface area contributed by atoms with E-state index in [1.807, 2.05) is 39.0 Å². The third kappa shape index (κ3) is 8.57. The fourth-order valence-electron chi connectivity index (χ4n) is 7.20. The Morgan fingerprint density at radius 1 is 0.661 bits per heavy atom. The van der Waals surface area contributed by atoms with Gasteiger partial charge in [-0.1, -0.05) is 85.8 Å². The van der Waals surface area contributed by atoms with Gasteiger partial charge in [0.25, 0.3) is 5.91 Å². The molecule has 0 heterocycles. The van der Waals surface area contributed by atoms with Gasteiger partial charge in [0.2, 0.25) is 0 Å². The number of benzene rings is 6. The lowest BCUT2D eigenvalue weighted by molar-refractivity contribution is -0.153. The van der Waals surface area contributed by atoms with Gasteiger partial charge >= 0.3 is 5.97 Å². The standard InChI is InChI=1S/C49H54N4O3/c1-9-49(6,7)48(55)56-30-29-51-42-28-27-40(44-39(42)17-12-18-41(44)47(54)50-8)43(35-19-23-37(24-20-35)52-45-31(2)13-10-14-32(45)3)36-21-25-38(26-22-36)53-46-33(4)15-11-16-34(46)5/h10-28,43,51-53H,9,29-30H2,1-8H3,(H,50,54). The molecule has 1 amide bonds. The first-order chi connectivity index (χ1) is 26.9. The predicted octanol–water partition coefficient (Wildman–Crippen LogP) is 11.5. The maximum Gasteiger partial charge on any atom is 0.311 e. The minimum atomic E-state index is -0.535. The fourth-order valence-corrected chi connectivity index (χ4v) is 7.20. The number of ether oxygens (including phenoxy) is 1. The lowest BCUT2D eigenvalue weighted by Gasteiger charge is -2.24. The van der Waals surface area contributed by atoms with Crippen LogP contribution < -0.4 is 21.3 Å². The van der Waals surface area contributed by atoms with Crippen molar-refractivity contribution in [1.82, 2.24) is 5.32 Å². The van der Waals surface area contributed by atoms with E-state index in [0.717, 1.165) is 55.9 Å². The average Bonchev–Trinajstić information content (AvgIpc) is 3.20. The molecule has 0 aliphatic rings. The number of nitrogens with one attached hydrogen (secondary N) is 4. The minimum Gasteiger partial charge on any atom is -0.463 e. The van der Waals surface area contributed by atoms with Gasteiger partial charge in [-0.2, -0.15) is 0 Å². The molecule has 4 N–H and O–H groups in total. The largest absolute Gasteiger partial charge is 0.463 e. The highest BCUT2D eigenvalue weighted by atomic mass is 16.5. The first-order valence-corrected chi connectivity index (χ1v) is 19.5. The molecule has 0 spiro atoms. The molecule has 0 aromatic heterocycles. The second-order valence-corrected chi connectivity index (χ2v) is 15.3. The normalized spacial score (nSPS) is 11.4. The summed E-state index contributed by atoms with van der Waals surface area (Å²) in [6, 6.07) is 39.9. The number of esters is 1. The van der Waals surface area contributed by atoms with Gasteiger partial charge in [-0.15, -0.1) is 0 Å². The molecule has 6 aromatic rings. The summed E-state index contributed by atoms with van der Waals surface area (Å²) in [4.78, 5) is 26.2. The second-order valence-electron chi connectivity index (χ2n) is 15.3. The van der Waals surface area contributed by atoms with Gasteiger partial charge in [0.1, 0.15) is 6.61 Å². The molecule has 56 heavy (non-hydrogen) atoms. The zero-order valence-electron chi connectivity index (χ0n) is 33.9. The third-order valence-corrected chi connectivity index (χ3v) is 10.9. The summed E-state index contributed by atoms with van der Waals surface area (Å²) in [5, 5.41) is 15.4. The highest BCUT2D eigenvalue weighted by Crippen LogP contribution is 2.41. The summed E-state index contributed by atoms with van der Waals surface area (Å²) in [6.45, 7) is 14.9. The maximum atomic E-state index is 13.6. The van der Waals surface area contributed by atoms with E-state index >= 15 is 0 Å². The highest BCUT2D eigenvalue weighted by Gasteiger charge is 2.27. The van der Waals surface area contributed by atoms with Crippen molar-refractivity contribution in [1.29, 1.82) is 0 Å². The van der Waals surface area contributed by atoms with E-state index in [2.05, 4.69) is 146 Å². The summed E-state index contributed by atoms with van der Waals surface area (Å²) in [6.07, 6.45) is 0.700. The van der Waals surface area contributed by atoms with Gasteiger partial charge in [0, 0.05) is 64.3 Å². The van der Waals surface area contributed by atoms with Crippen LogP contribution in [0.3, 0.4) is 0 Å². The topological polar surface area (TPSA) is 91.5 Å². The Labute approximate surface area is 331 Å². The van der Waals surface area contributed by atoms with Crippen LogP contribution in [0.1, 0.15) is 82.4 Å². The molecule has 6 aromatic carbocycles. The lowest BCUT2D eigenvalue weighted by atomic mass is 9.81. The summed E-state index contributed by atoms with van der Waals surface area (Å²) < 4.78 is 5.63. The number of carbonyl (C=O) groups is 2. The van der Waals surface area contributed by atoms with Crippen LogP contribution in [0.25, 0.3) is 10.8 Å². The summed E-state index contributed by atoms with van der Waals surface area (Å²) in [5.41, 5.74) is 13.1. The van der Waals surface area contributed by atoms with Gasteiger partial charge in [-0.3, -0.25) is 9.59 Å². The molecule has 6 rings (SSSR count). The van der Waals surface area contributed by atoms with Crippen LogP contribution in [0.2, 0.25) is 0 Å². The van der Waals surface area contributed by atoms with Crippen LogP contribution in [0.15, 0.2) is 115 Å². The fraction of sp³-hybridized carbons (Fsp3) is 0.265. The number of para-hydroxylation sites is 2. The van der Waals surface area contributed by atoms with Gasteiger partial charge in [-0.05, 0) is 123 Å². The summed E-state index contributed by atoms with van der Waals surface area (Å²) >= 11 is 0. The Bertz CT molecular complexity index is 2210. The van der Waals surface area contributed by atoms with E-state index in [4.69, 9.17) is 4.74 Å². The number of hydrogen-bond acceptors (Lipinski definition) is 6. The Morgan fingerprint density at radius 3 is 1.64 bits per heavy atom. The molecule has 7 heteroatoms. The van der Waals surface area contributed by atoms with Crippen LogP contribution in [-0.4, -0.2) is 32.1 Å². The van der Waals surface area contributed by atoms with Gasteiger partial charge in [0.15, 0.2) is 0 Å². The third-order valence-electron chi connectivity index (χ3n) is 10.9. The zero-order valence-corrected chi connectivity index (χ0v) is 33.9. The van der Waals surface area contributed by atoms with E-state index in [1.165, 1.54) is 22.3 Å². The van der Waals surface area contributed by atoms with Gasteiger partial charge in [0.05, 0.1) is 5.41 Å². The number of fused-ring (bicyclic) bond motifs is 1. The smallest absolute Gasteiger partial charge is 0.311 e. The molecule has 0 atom stereocenters.